The second-order valence-corrected chi connectivity index (χ2v) is 16.4. The van der Waals surface area contributed by atoms with E-state index in [-0.39, 0.29) is 5.41 Å². The van der Waals surface area contributed by atoms with Gasteiger partial charge in [0.25, 0.3) is 0 Å². The molecule has 8 aromatic rings. The molecule has 0 radical (unpaired) electrons. The van der Waals surface area contributed by atoms with E-state index in [9.17, 15) is 0 Å². The Labute approximate surface area is 287 Å². The van der Waals surface area contributed by atoms with Crippen molar-refractivity contribution >= 4 is 44.6 Å². The first-order valence-electron chi connectivity index (χ1n) is 17.0. The molecule has 0 spiro atoms. The summed E-state index contributed by atoms with van der Waals surface area (Å²) in [6.45, 7) is 4.71. The number of hydrogen-bond acceptors (Lipinski definition) is 1. The van der Waals surface area contributed by atoms with Crippen LogP contribution in [0.4, 0.5) is 0 Å². The van der Waals surface area contributed by atoms with Gasteiger partial charge in [0.05, 0.1) is 0 Å². The fourth-order valence-corrected chi connectivity index (χ4v) is 10.9. The van der Waals surface area contributed by atoms with Gasteiger partial charge in [-0.3, -0.25) is 0 Å². The first-order chi connectivity index (χ1) is 24.0. The van der Waals surface area contributed by atoms with Gasteiger partial charge in [-0.05, 0) is 78.2 Å². The van der Waals surface area contributed by atoms with Crippen molar-refractivity contribution in [1.82, 2.24) is 0 Å². The summed E-state index contributed by atoms with van der Waals surface area (Å²) in [5.74, 6) is 0. The van der Waals surface area contributed by atoms with Gasteiger partial charge < -0.3 is 4.57 Å². The van der Waals surface area contributed by atoms with E-state index in [0.717, 1.165) is 27.0 Å². The molecule has 1 aliphatic rings. The topological polar surface area (TPSA) is 17.1 Å². The van der Waals surface area contributed by atoms with Crippen LogP contribution in [0, 0.1) is 0 Å². The standard InChI is InChI=1S/C47H35OP/c1-47(2)42-28-12-11-26-40(42)45-39-25-10-9-24-38(39)44(41-27-15-29-43(47)46(41)45)34-18-13-16-32(30-34)33-17-14-23-37(31-33)49(48,35-19-5-3-6-20-35)36-21-7-4-8-22-36/h3-31H,1-2H3. The van der Waals surface area contributed by atoms with Gasteiger partial charge in [0.1, 0.15) is 0 Å². The lowest BCUT2D eigenvalue weighted by Gasteiger charge is -2.36. The van der Waals surface area contributed by atoms with Crippen LogP contribution in [0.25, 0.3) is 54.9 Å². The van der Waals surface area contributed by atoms with Crippen LogP contribution in [0.3, 0.4) is 0 Å². The van der Waals surface area contributed by atoms with Gasteiger partial charge in [-0.25, -0.2) is 0 Å². The van der Waals surface area contributed by atoms with Gasteiger partial charge in [0.2, 0.25) is 0 Å². The quantitative estimate of drug-likeness (QED) is 0.134. The molecule has 0 bridgehead atoms. The molecule has 0 aliphatic heterocycles. The highest BCUT2D eigenvalue weighted by molar-refractivity contribution is 7.85. The Balaban J connectivity index is 1.26. The summed E-state index contributed by atoms with van der Waals surface area (Å²) in [4.78, 5) is 0. The fourth-order valence-electron chi connectivity index (χ4n) is 8.19. The Kier molecular flexibility index (Phi) is 6.83. The van der Waals surface area contributed by atoms with E-state index in [1.165, 1.54) is 54.9 Å². The third-order valence-corrected chi connectivity index (χ3v) is 13.6. The van der Waals surface area contributed by atoms with Crippen LogP contribution in [0.1, 0.15) is 25.0 Å². The van der Waals surface area contributed by atoms with Crippen molar-refractivity contribution in [2.75, 3.05) is 0 Å². The lowest BCUT2D eigenvalue weighted by Crippen LogP contribution is -2.25. The van der Waals surface area contributed by atoms with E-state index in [0.29, 0.717) is 0 Å². The van der Waals surface area contributed by atoms with E-state index >= 15 is 4.57 Å². The average Bonchev–Trinajstić information content (AvgIpc) is 3.17. The number of rotatable bonds is 5. The Morgan fingerprint density at radius 2 is 0.898 bits per heavy atom. The van der Waals surface area contributed by atoms with Crippen molar-refractivity contribution < 1.29 is 4.57 Å². The smallest absolute Gasteiger partial charge is 0.171 e. The Morgan fingerprint density at radius 1 is 0.408 bits per heavy atom. The van der Waals surface area contributed by atoms with Gasteiger partial charge in [-0.2, -0.15) is 0 Å². The fraction of sp³-hybridized carbons (Fsp3) is 0.0638. The summed E-state index contributed by atoms with van der Waals surface area (Å²) in [6.07, 6.45) is 0. The van der Waals surface area contributed by atoms with Gasteiger partial charge in [0, 0.05) is 21.3 Å². The van der Waals surface area contributed by atoms with E-state index in [1.807, 2.05) is 72.8 Å². The molecule has 234 valence electrons. The average molecular weight is 647 g/mol. The van der Waals surface area contributed by atoms with Gasteiger partial charge in [0.15, 0.2) is 7.14 Å². The zero-order valence-electron chi connectivity index (χ0n) is 27.6. The summed E-state index contributed by atoms with van der Waals surface area (Å²) in [6, 6.07) is 61.7. The highest BCUT2D eigenvalue weighted by atomic mass is 31.2. The molecule has 8 aromatic carbocycles. The maximum absolute atomic E-state index is 15.2. The number of hydrogen-bond donors (Lipinski definition) is 0. The predicted octanol–water partition coefficient (Wildman–Crippen LogP) is 11.3. The molecule has 1 nitrogen and oxygen atoms in total. The van der Waals surface area contributed by atoms with Crippen LogP contribution in [0.2, 0.25) is 0 Å². The van der Waals surface area contributed by atoms with Crippen molar-refractivity contribution in [3.05, 3.63) is 187 Å². The highest BCUT2D eigenvalue weighted by Gasteiger charge is 2.35. The molecule has 1 aliphatic carbocycles. The van der Waals surface area contributed by atoms with Gasteiger partial charge in [-0.15, -0.1) is 0 Å². The second-order valence-electron chi connectivity index (χ2n) is 13.6. The Morgan fingerprint density at radius 3 is 1.61 bits per heavy atom. The molecule has 0 atom stereocenters. The van der Waals surface area contributed by atoms with Crippen molar-refractivity contribution in [2.45, 2.75) is 19.3 Å². The molecule has 0 N–H and O–H groups in total. The normalized spacial score (nSPS) is 13.3. The van der Waals surface area contributed by atoms with Crippen molar-refractivity contribution in [3.63, 3.8) is 0 Å². The van der Waals surface area contributed by atoms with Gasteiger partial charge in [-0.1, -0.05) is 178 Å². The van der Waals surface area contributed by atoms with Crippen LogP contribution in [0.5, 0.6) is 0 Å². The first-order valence-corrected chi connectivity index (χ1v) is 18.7. The van der Waals surface area contributed by atoms with Crippen LogP contribution in [-0.4, -0.2) is 0 Å². The summed E-state index contributed by atoms with van der Waals surface area (Å²) in [7, 11) is -3.11. The Bertz CT molecular complexity index is 2560. The first kappa shape index (κ1) is 29.6. The molecule has 0 aromatic heterocycles. The minimum Gasteiger partial charge on any atom is -0.309 e. The summed E-state index contributed by atoms with van der Waals surface area (Å²) in [5.41, 5.74) is 9.85. The number of benzene rings is 8. The SMILES string of the molecule is CC1(C)c2ccccc2-c2c3ccccc3c(-c3cccc(-c4cccc(P(=O)(c5ccccc5)c5ccccc5)c4)c3)c3cccc1c23. The number of fused-ring (bicyclic) bond motifs is 4. The maximum atomic E-state index is 15.2. The molecular formula is C47H35OP. The Hall–Kier alpha value is -5.49. The third kappa shape index (κ3) is 4.50. The minimum absolute atomic E-state index is 0.128. The highest BCUT2D eigenvalue weighted by Crippen LogP contribution is 2.53. The molecule has 2 heteroatoms. The van der Waals surface area contributed by atoms with Crippen LogP contribution < -0.4 is 15.9 Å². The third-order valence-electron chi connectivity index (χ3n) is 10.5. The molecule has 0 unspecified atom stereocenters. The van der Waals surface area contributed by atoms with E-state index in [1.54, 1.807) is 0 Å². The molecular weight excluding hydrogens is 611 g/mol. The minimum atomic E-state index is -3.11. The van der Waals surface area contributed by atoms with Crippen LogP contribution in [-0.2, 0) is 9.98 Å². The monoisotopic (exact) mass is 646 g/mol. The molecule has 49 heavy (non-hydrogen) atoms. The molecule has 0 fully saturated rings. The zero-order chi connectivity index (χ0) is 33.2. The van der Waals surface area contributed by atoms with Crippen molar-refractivity contribution in [3.8, 4) is 33.4 Å². The van der Waals surface area contributed by atoms with E-state index in [2.05, 4.69) is 117 Å². The molecule has 9 rings (SSSR count). The summed E-state index contributed by atoms with van der Waals surface area (Å²) >= 11 is 0. The van der Waals surface area contributed by atoms with Gasteiger partial charge >= 0.3 is 0 Å². The lowest BCUT2D eigenvalue weighted by atomic mass is 9.67. The molecule has 0 saturated heterocycles. The van der Waals surface area contributed by atoms with Crippen molar-refractivity contribution in [1.29, 1.82) is 0 Å². The lowest BCUT2D eigenvalue weighted by molar-refractivity contribution is 0.592. The van der Waals surface area contributed by atoms with E-state index < -0.39 is 7.14 Å². The maximum Gasteiger partial charge on any atom is 0.171 e. The molecule has 0 saturated carbocycles. The zero-order valence-corrected chi connectivity index (χ0v) is 28.5. The van der Waals surface area contributed by atoms with Crippen molar-refractivity contribution in [2.24, 2.45) is 0 Å². The second kappa shape index (κ2) is 11.3. The summed E-state index contributed by atoms with van der Waals surface area (Å²) in [5, 5.41) is 7.66. The summed E-state index contributed by atoms with van der Waals surface area (Å²) < 4.78 is 15.2. The largest absolute Gasteiger partial charge is 0.309 e. The van der Waals surface area contributed by atoms with E-state index in [4.69, 9.17) is 0 Å². The van der Waals surface area contributed by atoms with Crippen LogP contribution >= 0.6 is 7.14 Å². The molecule has 0 amide bonds. The molecule has 0 heterocycles. The predicted molar refractivity (Wildman–Crippen MR) is 209 cm³/mol. The van der Waals surface area contributed by atoms with Crippen LogP contribution in [0.15, 0.2) is 176 Å².